The van der Waals surface area contributed by atoms with Crippen LogP contribution in [0.15, 0.2) is 64.2 Å². The monoisotopic (exact) mass is 351 g/mol. The lowest BCUT2D eigenvalue weighted by Crippen LogP contribution is -2.21. The van der Waals surface area contributed by atoms with Crippen molar-refractivity contribution in [2.45, 2.75) is 6.92 Å². The minimum Gasteiger partial charge on any atom is -0.508 e. The van der Waals surface area contributed by atoms with E-state index in [0.29, 0.717) is 28.0 Å². The Morgan fingerprint density at radius 2 is 1.73 bits per heavy atom. The number of aromatic hydroxyl groups is 1. The zero-order chi connectivity index (χ0) is 18.4. The van der Waals surface area contributed by atoms with Gasteiger partial charge in [0.25, 0.3) is 11.1 Å². The fraction of sp³-hybridized carbons (Fsp3) is 0.0526. The topological polar surface area (TPSA) is 80.0 Å². The van der Waals surface area contributed by atoms with Crippen molar-refractivity contribution in [3.63, 3.8) is 0 Å². The zero-order valence-electron chi connectivity index (χ0n) is 13.7. The Morgan fingerprint density at radius 3 is 2.42 bits per heavy atom. The van der Waals surface area contributed by atoms with E-state index < -0.39 is 5.82 Å². The van der Waals surface area contributed by atoms with Crippen LogP contribution in [0.4, 0.5) is 4.39 Å². The second-order valence-electron chi connectivity index (χ2n) is 5.94. The first kappa shape index (κ1) is 15.9. The van der Waals surface area contributed by atoms with E-state index in [9.17, 15) is 19.1 Å². The molecule has 0 bridgehead atoms. The van der Waals surface area contributed by atoms with Gasteiger partial charge in [-0.15, -0.1) is 0 Å². The van der Waals surface area contributed by atoms with Crippen LogP contribution in [0.1, 0.15) is 5.69 Å². The molecule has 0 aliphatic carbocycles. The summed E-state index contributed by atoms with van der Waals surface area (Å²) < 4.78 is 16.1. The van der Waals surface area contributed by atoms with E-state index in [0.717, 1.165) is 0 Å². The summed E-state index contributed by atoms with van der Waals surface area (Å²) in [6, 6.07) is 13.1. The number of aryl methyl sites for hydroxylation is 1. The molecule has 0 saturated carbocycles. The Hall–Kier alpha value is -3.61. The number of rotatable bonds is 2. The smallest absolute Gasteiger partial charge is 0.280 e. The Morgan fingerprint density at radius 1 is 1.00 bits per heavy atom. The van der Waals surface area contributed by atoms with Crippen LogP contribution >= 0.6 is 0 Å². The molecule has 2 aromatic carbocycles. The van der Waals surface area contributed by atoms with Crippen molar-refractivity contribution in [1.29, 1.82) is 0 Å². The highest BCUT2D eigenvalue weighted by Gasteiger charge is 2.16. The third-order valence-corrected chi connectivity index (χ3v) is 4.28. The fourth-order valence-corrected chi connectivity index (χ4v) is 3.09. The lowest BCUT2D eigenvalue weighted by molar-refractivity contribution is 0.475. The Labute approximate surface area is 146 Å². The number of nitrogens with one attached hydrogen (secondary N) is 1. The molecule has 0 spiro atoms. The van der Waals surface area contributed by atoms with Crippen molar-refractivity contribution in [1.82, 2.24) is 14.3 Å². The van der Waals surface area contributed by atoms with Crippen LogP contribution in [-0.2, 0) is 0 Å². The number of pyridine rings is 1. The summed E-state index contributed by atoms with van der Waals surface area (Å²) in [7, 11) is 0. The van der Waals surface area contributed by atoms with Crippen LogP contribution in [0.2, 0.25) is 0 Å². The predicted octanol–water partition coefficient (Wildman–Crippen LogP) is 2.62. The molecular formula is C19H14FN3O3. The number of nitrogens with zero attached hydrogens (tertiary/aromatic N) is 2. The van der Waals surface area contributed by atoms with Gasteiger partial charge in [-0.05, 0) is 49.4 Å². The molecule has 7 heteroatoms. The highest BCUT2D eigenvalue weighted by atomic mass is 19.1. The van der Waals surface area contributed by atoms with Crippen molar-refractivity contribution >= 4 is 10.9 Å². The molecule has 6 nitrogen and oxygen atoms in total. The molecule has 0 unspecified atom stereocenters. The number of hydrogen-bond donors (Lipinski definition) is 2. The number of aromatic amines is 1. The summed E-state index contributed by atoms with van der Waals surface area (Å²) in [5.74, 6) is -0.385. The van der Waals surface area contributed by atoms with Crippen molar-refractivity contribution in [2.24, 2.45) is 0 Å². The number of halogens is 1. The standard InChI is InChI=1S/C19H14FN3O3/c1-11-18-16(10-17(25)22(11)13-5-7-15(24)8-6-13)21-23(19(18)26)14-4-2-3-12(20)9-14/h2-10,21,24H,1H3. The number of aromatic nitrogens is 3. The van der Waals surface area contributed by atoms with Crippen molar-refractivity contribution in [3.8, 4) is 17.1 Å². The number of phenolic OH excluding ortho intramolecular Hbond substituents is 1. The highest BCUT2D eigenvalue weighted by molar-refractivity contribution is 5.81. The van der Waals surface area contributed by atoms with Gasteiger partial charge in [-0.1, -0.05) is 6.07 Å². The maximum atomic E-state index is 13.5. The second kappa shape index (κ2) is 5.73. The number of H-pyrrole nitrogens is 1. The lowest BCUT2D eigenvalue weighted by atomic mass is 10.2. The third kappa shape index (κ3) is 2.41. The van der Waals surface area contributed by atoms with Gasteiger partial charge in [0, 0.05) is 17.4 Å². The van der Waals surface area contributed by atoms with E-state index in [2.05, 4.69) is 5.10 Å². The predicted molar refractivity (Wildman–Crippen MR) is 95.9 cm³/mol. The molecule has 4 aromatic rings. The van der Waals surface area contributed by atoms with Crippen LogP contribution in [0.25, 0.3) is 22.3 Å². The van der Waals surface area contributed by atoms with Crippen molar-refractivity contribution in [2.75, 3.05) is 0 Å². The molecule has 0 saturated heterocycles. The molecule has 130 valence electrons. The van der Waals surface area contributed by atoms with Gasteiger partial charge in [-0.3, -0.25) is 19.3 Å². The molecule has 0 aliphatic rings. The van der Waals surface area contributed by atoms with E-state index in [1.807, 2.05) is 0 Å². The van der Waals surface area contributed by atoms with Crippen LogP contribution < -0.4 is 11.1 Å². The number of fused-ring (bicyclic) bond motifs is 1. The molecule has 0 amide bonds. The third-order valence-electron chi connectivity index (χ3n) is 4.28. The van der Waals surface area contributed by atoms with Crippen LogP contribution in [0.5, 0.6) is 5.75 Å². The van der Waals surface area contributed by atoms with Gasteiger partial charge in [-0.2, -0.15) is 0 Å². The normalized spacial score (nSPS) is 11.2. The van der Waals surface area contributed by atoms with Gasteiger partial charge in [0.15, 0.2) is 0 Å². The van der Waals surface area contributed by atoms with Gasteiger partial charge in [-0.25, -0.2) is 9.07 Å². The second-order valence-corrected chi connectivity index (χ2v) is 5.94. The summed E-state index contributed by atoms with van der Waals surface area (Å²) in [4.78, 5) is 25.4. The average molecular weight is 351 g/mol. The van der Waals surface area contributed by atoms with Gasteiger partial charge in [0.1, 0.15) is 11.6 Å². The number of phenols is 1. The summed E-state index contributed by atoms with van der Waals surface area (Å²) >= 11 is 0. The molecule has 0 atom stereocenters. The van der Waals surface area contributed by atoms with E-state index >= 15 is 0 Å². The van der Waals surface area contributed by atoms with Crippen LogP contribution in [0.3, 0.4) is 0 Å². The summed E-state index contributed by atoms with van der Waals surface area (Å²) in [6.45, 7) is 1.67. The number of benzene rings is 2. The van der Waals surface area contributed by atoms with E-state index in [1.54, 1.807) is 25.1 Å². The molecule has 2 heterocycles. The van der Waals surface area contributed by atoms with Gasteiger partial charge >= 0.3 is 0 Å². The molecular weight excluding hydrogens is 337 g/mol. The van der Waals surface area contributed by atoms with Gasteiger partial charge in [0.2, 0.25) is 0 Å². The van der Waals surface area contributed by atoms with E-state index in [1.165, 1.54) is 45.6 Å². The van der Waals surface area contributed by atoms with Crippen molar-refractivity contribution in [3.05, 3.63) is 86.8 Å². The first-order valence-electron chi connectivity index (χ1n) is 7.88. The van der Waals surface area contributed by atoms with Crippen molar-refractivity contribution < 1.29 is 9.50 Å². The van der Waals surface area contributed by atoms with Crippen LogP contribution in [-0.4, -0.2) is 19.5 Å². The Bertz CT molecular complexity index is 1250. The van der Waals surface area contributed by atoms with Crippen LogP contribution in [0, 0.1) is 12.7 Å². The molecule has 0 radical (unpaired) electrons. The maximum absolute atomic E-state index is 13.5. The summed E-state index contributed by atoms with van der Waals surface area (Å²) in [6.07, 6.45) is 0. The molecule has 4 rings (SSSR count). The maximum Gasteiger partial charge on any atom is 0.280 e. The first-order chi connectivity index (χ1) is 12.5. The lowest BCUT2D eigenvalue weighted by Gasteiger charge is -2.10. The Balaban J connectivity index is 2.01. The van der Waals surface area contributed by atoms with E-state index in [-0.39, 0.29) is 16.9 Å². The molecule has 2 aromatic heterocycles. The summed E-state index contributed by atoms with van der Waals surface area (Å²) in [5, 5.41) is 12.6. The minimum atomic E-state index is -0.464. The fourth-order valence-electron chi connectivity index (χ4n) is 3.09. The molecule has 0 aliphatic heterocycles. The molecule has 0 fully saturated rings. The Kier molecular flexibility index (Phi) is 3.50. The number of hydrogen-bond acceptors (Lipinski definition) is 3. The minimum absolute atomic E-state index is 0.0793. The zero-order valence-corrected chi connectivity index (χ0v) is 13.7. The molecule has 2 N–H and O–H groups in total. The highest BCUT2D eigenvalue weighted by Crippen LogP contribution is 2.18. The SMILES string of the molecule is Cc1c2c(=O)n(-c3cccc(F)c3)[nH]c2cc(=O)n1-c1ccc(O)cc1. The molecule has 26 heavy (non-hydrogen) atoms. The van der Waals surface area contributed by atoms with Gasteiger partial charge < -0.3 is 5.11 Å². The first-order valence-corrected chi connectivity index (χ1v) is 7.88. The average Bonchev–Trinajstić information content (AvgIpc) is 2.93. The largest absolute Gasteiger partial charge is 0.508 e. The van der Waals surface area contributed by atoms with Gasteiger partial charge in [0.05, 0.1) is 16.6 Å². The van der Waals surface area contributed by atoms with E-state index in [4.69, 9.17) is 0 Å². The summed E-state index contributed by atoms with van der Waals surface area (Å²) in [5.41, 5.74) is 0.995. The quantitative estimate of drug-likeness (QED) is 0.583.